The summed E-state index contributed by atoms with van der Waals surface area (Å²) in [6, 6.07) is 0. The van der Waals surface area contributed by atoms with E-state index in [2.05, 4.69) is 11.8 Å². The van der Waals surface area contributed by atoms with E-state index in [1.165, 1.54) is 5.57 Å². The number of carbonyl (C=O) groups is 2. The van der Waals surface area contributed by atoms with Gasteiger partial charge in [0.1, 0.15) is 0 Å². The summed E-state index contributed by atoms with van der Waals surface area (Å²) in [7, 11) is 0. The fraction of sp³-hybridized carbons (Fsp3) is 0.625. The first-order chi connectivity index (χ1) is 9.60. The van der Waals surface area contributed by atoms with E-state index in [4.69, 9.17) is 9.47 Å². The molecular formula is C16H22O4. The number of hydrogen-bond acceptors (Lipinski definition) is 4. The molecule has 1 aliphatic carbocycles. The molecule has 1 aliphatic rings. The molecule has 0 aromatic rings. The first-order valence-corrected chi connectivity index (χ1v) is 7.02. The van der Waals surface area contributed by atoms with E-state index in [1.807, 2.05) is 6.08 Å². The van der Waals surface area contributed by atoms with Gasteiger partial charge in [-0.3, -0.25) is 9.59 Å². The van der Waals surface area contributed by atoms with E-state index in [-0.39, 0.29) is 19.6 Å². The van der Waals surface area contributed by atoms with Gasteiger partial charge in [0.25, 0.3) is 0 Å². The Hall–Kier alpha value is -1.76. The first-order valence-electron chi connectivity index (χ1n) is 7.02. The lowest BCUT2D eigenvalue weighted by Gasteiger charge is -2.26. The van der Waals surface area contributed by atoms with E-state index in [0.717, 1.165) is 12.8 Å². The van der Waals surface area contributed by atoms with Gasteiger partial charge in [-0.05, 0) is 40.0 Å². The lowest BCUT2D eigenvalue weighted by atomic mass is 9.81. The van der Waals surface area contributed by atoms with Crippen LogP contribution < -0.4 is 0 Å². The van der Waals surface area contributed by atoms with Crippen molar-refractivity contribution in [3.05, 3.63) is 11.6 Å². The summed E-state index contributed by atoms with van der Waals surface area (Å²) in [6.45, 7) is 5.59. The molecule has 0 unspecified atom stereocenters. The molecule has 0 atom stereocenters. The van der Waals surface area contributed by atoms with Gasteiger partial charge in [0.2, 0.25) is 0 Å². The largest absolute Gasteiger partial charge is 0.465 e. The molecule has 0 radical (unpaired) electrons. The molecule has 0 saturated heterocycles. The third-order valence-electron chi connectivity index (χ3n) is 3.18. The Balaban J connectivity index is 3.05. The Morgan fingerprint density at radius 1 is 1.20 bits per heavy atom. The van der Waals surface area contributed by atoms with Crippen LogP contribution in [0.25, 0.3) is 0 Å². The molecular weight excluding hydrogens is 256 g/mol. The highest BCUT2D eigenvalue weighted by molar-refractivity contribution is 6.00. The van der Waals surface area contributed by atoms with E-state index in [1.54, 1.807) is 20.8 Å². The molecule has 20 heavy (non-hydrogen) atoms. The lowest BCUT2D eigenvalue weighted by molar-refractivity contribution is -0.171. The van der Waals surface area contributed by atoms with Gasteiger partial charge in [-0.25, -0.2) is 0 Å². The number of ether oxygens (including phenoxy) is 2. The van der Waals surface area contributed by atoms with Gasteiger partial charge in [0.15, 0.2) is 5.41 Å². The minimum atomic E-state index is -1.33. The minimum Gasteiger partial charge on any atom is -0.465 e. The second-order valence-corrected chi connectivity index (χ2v) is 4.69. The van der Waals surface area contributed by atoms with Crippen LogP contribution >= 0.6 is 0 Å². The number of esters is 2. The van der Waals surface area contributed by atoms with Crippen LogP contribution in [0.15, 0.2) is 11.6 Å². The molecule has 4 nitrogen and oxygen atoms in total. The smallest absolute Gasteiger partial charge is 0.324 e. The molecule has 0 bridgehead atoms. The van der Waals surface area contributed by atoms with E-state index >= 15 is 0 Å². The summed E-state index contributed by atoms with van der Waals surface area (Å²) < 4.78 is 10.2. The SMILES string of the molecule is CC#CCC(CC=C1CC1)(C(=O)OCC)C(=O)OCC. The van der Waals surface area contributed by atoms with Gasteiger partial charge >= 0.3 is 11.9 Å². The summed E-state index contributed by atoms with van der Waals surface area (Å²) in [5.41, 5.74) is -0.0580. The monoisotopic (exact) mass is 278 g/mol. The van der Waals surface area contributed by atoms with Crippen molar-refractivity contribution in [3.63, 3.8) is 0 Å². The van der Waals surface area contributed by atoms with E-state index in [0.29, 0.717) is 6.42 Å². The highest BCUT2D eigenvalue weighted by Gasteiger charge is 2.47. The minimum absolute atomic E-state index is 0.130. The molecule has 1 saturated carbocycles. The van der Waals surface area contributed by atoms with Crippen LogP contribution in [0.1, 0.15) is 46.5 Å². The van der Waals surface area contributed by atoms with Gasteiger partial charge < -0.3 is 9.47 Å². The normalized spacial score (nSPS) is 13.1. The summed E-state index contributed by atoms with van der Waals surface area (Å²) in [5, 5.41) is 0. The van der Waals surface area contributed by atoms with Crippen molar-refractivity contribution in [3.8, 4) is 11.8 Å². The first kappa shape index (κ1) is 16.3. The van der Waals surface area contributed by atoms with Crippen LogP contribution in [0.3, 0.4) is 0 Å². The van der Waals surface area contributed by atoms with Crippen LogP contribution in [0, 0.1) is 17.3 Å². The van der Waals surface area contributed by atoms with Gasteiger partial charge in [-0.1, -0.05) is 11.6 Å². The van der Waals surface area contributed by atoms with Crippen molar-refractivity contribution in [2.45, 2.75) is 46.5 Å². The predicted molar refractivity (Wildman–Crippen MR) is 75.7 cm³/mol. The average molecular weight is 278 g/mol. The molecule has 0 amide bonds. The van der Waals surface area contributed by atoms with Gasteiger partial charge in [0, 0.05) is 6.42 Å². The van der Waals surface area contributed by atoms with Crippen LogP contribution in [0.4, 0.5) is 0 Å². The second kappa shape index (κ2) is 7.74. The van der Waals surface area contributed by atoms with Crippen molar-refractivity contribution in [2.75, 3.05) is 13.2 Å². The molecule has 0 N–H and O–H groups in total. The maximum atomic E-state index is 12.3. The van der Waals surface area contributed by atoms with Crippen LogP contribution in [0.2, 0.25) is 0 Å². The van der Waals surface area contributed by atoms with Gasteiger partial charge in [-0.2, -0.15) is 0 Å². The average Bonchev–Trinajstić information content (AvgIpc) is 3.24. The molecule has 0 aliphatic heterocycles. The fourth-order valence-electron chi connectivity index (χ4n) is 1.84. The molecule has 4 heteroatoms. The lowest BCUT2D eigenvalue weighted by Crippen LogP contribution is -2.41. The zero-order chi connectivity index (χ0) is 15.0. The fourth-order valence-corrected chi connectivity index (χ4v) is 1.84. The van der Waals surface area contributed by atoms with E-state index < -0.39 is 17.4 Å². The topological polar surface area (TPSA) is 52.6 Å². The maximum absolute atomic E-state index is 12.3. The third kappa shape index (κ3) is 4.12. The number of rotatable bonds is 7. The summed E-state index contributed by atoms with van der Waals surface area (Å²) >= 11 is 0. The van der Waals surface area contributed by atoms with Crippen molar-refractivity contribution in [1.82, 2.24) is 0 Å². The molecule has 110 valence electrons. The molecule has 1 fully saturated rings. The predicted octanol–water partition coefficient (Wildman–Crippen LogP) is 2.62. The number of carbonyl (C=O) groups excluding carboxylic acids is 2. The van der Waals surface area contributed by atoms with Crippen molar-refractivity contribution in [2.24, 2.45) is 5.41 Å². The van der Waals surface area contributed by atoms with Crippen molar-refractivity contribution < 1.29 is 19.1 Å². The number of allylic oxidation sites excluding steroid dienone is 2. The highest BCUT2D eigenvalue weighted by Crippen LogP contribution is 2.35. The Morgan fingerprint density at radius 3 is 2.15 bits per heavy atom. The van der Waals surface area contributed by atoms with Crippen LogP contribution in [-0.2, 0) is 19.1 Å². The molecule has 0 heterocycles. The Labute approximate surface area is 120 Å². The van der Waals surface area contributed by atoms with E-state index in [9.17, 15) is 9.59 Å². The maximum Gasteiger partial charge on any atom is 0.324 e. The summed E-state index contributed by atoms with van der Waals surface area (Å²) in [5.74, 6) is 4.48. The van der Waals surface area contributed by atoms with Crippen molar-refractivity contribution >= 4 is 11.9 Å². The van der Waals surface area contributed by atoms with Crippen LogP contribution in [-0.4, -0.2) is 25.2 Å². The van der Waals surface area contributed by atoms with Gasteiger partial charge in [0.05, 0.1) is 13.2 Å². The Morgan fingerprint density at radius 2 is 1.75 bits per heavy atom. The molecule has 0 spiro atoms. The zero-order valence-corrected chi connectivity index (χ0v) is 12.5. The summed E-state index contributed by atoms with van der Waals surface area (Å²) in [4.78, 5) is 24.6. The van der Waals surface area contributed by atoms with Crippen LogP contribution in [0.5, 0.6) is 0 Å². The highest BCUT2D eigenvalue weighted by atomic mass is 16.6. The Kier molecular flexibility index (Phi) is 6.30. The number of hydrogen-bond donors (Lipinski definition) is 0. The molecule has 1 rings (SSSR count). The molecule has 0 aromatic carbocycles. The quantitative estimate of drug-likeness (QED) is 0.311. The standard InChI is InChI=1S/C16H22O4/c1-4-7-11-16(14(17)19-5-2,15(18)20-6-3)12-10-13-8-9-13/h10H,5-6,8-9,11-12H2,1-3H3. The summed E-state index contributed by atoms with van der Waals surface area (Å²) in [6.07, 6.45) is 4.47. The van der Waals surface area contributed by atoms with Crippen molar-refractivity contribution in [1.29, 1.82) is 0 Å². The van der Waals surface area contributed by atoms with Gasteiger partial charge in [-0.15, -0.1) is 11.8 Å². The second-order valence-electron chi connectivity index (χ2n) is 4.69. The molecule has 0 aromatic heterocycles. The zero-order valence-electron chi connectivity index (χ0n) is 12.5. The third-order valence-corrected chi connectivity index (χ3v) is 3.18. The Bertz CT molecular complexity index is 427.